The third kappa shape index (κ3) is 2.73. The fourth-order valence-corrected chi connectivity index (χ4v) is 3.01. The molecular formula is C11H14N4OS2. The zero-order valence-corrected chi connectivity index (χ0v) is 11.8. The number of rotatable bonds is 5. The largest absolute Gasteiger partial charge is 0.369 e. The lowest BCUT2D eigenvalue weighted by Gasteiger charge is -2.04. The molecular weight excluding hydrogens is 268 g/mol. The summed E-state index contributed by atoms with van der Waals surface area (Å²) < 4.78 is 2.00. The number of primary amides is 1. The van der Waals surface area contributed by atoms with Gasteiger partial charge in [0.25, 0.3) is 0 Å². The van der Waals surface area contributed by atoms with Crippen molar-refractivity contribution in [3.8, 4) is 11.4 Å². The van der Waals surface area contributed by atoms with Crippen LogP contribution < -0.4 is 5.73 Å². The SMILES string of the molecule is CCn1c(SCC(N)=O)nnc1-c1csc(C)c1. The van der Waals surface area contributed by atoms with E-state index in [4.69, 9.17) is 5.73 Å². The van der Waals surface area contributed by atoms with Gasteiger partial charge in [0.15, 0.2) is 11.0 Å². The first kappa shape index (κ1) is 13.1. The van der Waals surface area contributed by atoms with Crippen LogP contribution in [-0.4, -0.2) is 26.4 Å². The van der Waals surface area contributed by atoms with Gasteiger partial charge in [-0.2, -0.15) is 0 Å². The van der Waals surface area contributed by atoms with Crippen LogP contribution in [0.25, 0.3) is 11.4 Å². The van der Waals surface area contributed by atoms with Crippen LogP contribution >= 0.6 is 23.1 Å². The molecule has 0 radical (unpaired) electrons. The number of thioether (sulfide) groups is 1. The Morgan fingerprint density at radius 2 is 2.33 bits per heavy atom. The van der Waals surface area contributed by atoms with Gasteiger partial charge in [-0.05, 0) is 19.9 Å². The zero-order chi connectivity index (χ0) is 13.1. The molecule has 2 heterocycles. The third-order valence-electron chi connectivity index (χ3n) is 2.37. The van der Waals surface area contributed by atoms with Crippen LogP contribution in [0.3, 0.4) is 0 Å². The highest BCUT2D eigenvalue weighted by Gasteiger charge is 2.14. The molecule has 2 aromatic rings. The van der Waals surface area contributed by atoms with Crippen molar-refractivity contribution >= 4 is 29.0 Å². The summed E-state index contributed by atoms with van der Waals surface area (Å²) in [5.74, 6) is 0.716. The third-order valence-corrected chi connectivity index (χ3v) is 4.22. The van der Waals surface area contributed by atoms with Crippen molar-refractivity contribution in [3.63, 3.8) is 0 Å². The molecule has 0 fully saturated rings. The second-order valence-corrected chi connectivity index (χ2v) is 5.81. The van der Waals surface area contributed by atoms with E-state index in [-0.39, 0.29) is 11.7 Å². The molecule has 0 aromatic carbocycles. The van der Waals surface area contributed by atoms with Gasteiger partial charge in [-0.25, -0.2) is 0 Å². The van der Waals surface area contributed by atoms with E-state index in [2.05, 4.69) is 28.6 Å². The lowest BCUT2D eigenvalue weighted by molar-refractivity contribution is -0.115. The Morgan fingerprint density at radius 3 is 2.89 bits per heavy atom. The minimum atomic E-state index is -0.349. The summed E-state index contributed by atoms with van der Waals surface area (Å²) in [4.78, 5) is 12.0. The summed E-state index contributed by atoms with van der Waals surface area (Å²) in [6, 6.07) is 2.09. The van der Waals surface area contributed by atoms with E-state index >= 15 is 0 Å². The van der Waals surface area contributed by atoms with Crippen molar-refractivity contribution in [2.75, 3.05) is 5.75 Å². The summed E-state index contributed by atoms with van der Waals surface area (Å²) in [7, 11) is 0. The summed E-state index contributed by atoms with van der Waals surface area (Å²) in [6.07, 6.45) is 0. The fraction of sp³-hybridized carbons (Fsp3) is 0.364. The van der Waals surface area contributed by atoms with E-state index in [0.29, 0.717) is 0 Å². The lowest BCUT2D eigenvalue weighted by Crippen LogP contribution is -2.13. The van der Waals surface area contributed by atoms with E-state index in [1.54, 1.807) is 11.3 Å². The average Bonchev–Trinajstić information content (AvgIpc) is 2.91. The number of hydrogen-bond acceptors (Lipinski definition) is 5. The quantitative estimate of drug-likeness (QED) is 0.850. The molecule has 18 heavy (non-hydrogen) atoms. The monoisotopic (exact) mass is 282 g/mol. The van der Waals surface area contributed by atoms with Crippen LogP contribution in [0.1, 0.15) is 11.8 Å². The van der Waals surface area contributed by atoms with Gasteiger partial charge in [-0.15, -0.1) is 21.5 Å². The first-order valence-electron chi connectivity index (χ1n) is 5.51. The van der Waals surface area contributed by atoms with E-state index in [9.17, 15) is 4.79 Å². The van der Waals surface area contributed by atoms with Gasteiger partial charge >= 0.3 is 0 Å². The zero-order valence-electron chi connectivity index (χ0n) is 10.2. The maximum atomic E-state index is 10.8. The number of nitrogens with zero attached hydrogens (tertiary/aromatic N) is 3. The van der Waals surface area contributed by atoms with Crippen LogP contribution in [0.5, 0.6) is 0 Å². The molecule has 0 unspecified atom stereocenters. The maximum absolute atomic E-state index is 10.8. The molecule has 2 aromatic heterocycles. The lowest BCUT2D eigenvalue weighted by atomic mass is 10.3. The number of carbonyl (C=O) groups excluding carboxylic acids is 1. The Bertz CT molecular complexity index is 561. The van der Waals surface area contributed by atoms with E-state index in [1.165, 1.54) is 16.6 Å². The molecule has 0 spiro atoms. The van der Waals surface area contributed by atoms with Gasteiger partial charge in [-0.1, -0.05) is 11.8 Å². The van der Waals surface area contributed by atoms with Crippen molar-refractivity contribution in [1.82, 2.24) is 14.8 Å². The van der Waals surface area contributed by atoms with Crippen molar-refractivity contribution in [2.45, 2.75) is 25.5 Å². The highest BCUT2D eigenvalue weighted by atomic mass is 32.2. The Hall–Kier alpha value is -1.34. The van der Waals surface area contributed by atoms with Gasteiger partial charge in [0.05, 0.1) is 5.75 Å². The molecule has 0 bridgehead atoms. The maximum Gasteiger partial charge on any atom is 0.227 e. The van der Waals surface area contributed by atoms with Crippen molar-refractivity contribution in [2.24, 2.45) is 5.73 Å². The molecule has 2 rings (SSSR count). The highest BCUT2D eigenvalue weighted by Crippen LogP contribution is 2.27. The molecule has 0 aliphatic heterocycles. The van der Waals surface area contributed by atoms with Gasteiger partial charge in [0.2, 0.25) is 5.91 Å². The van der Waals surface area contributed by atoms with E-state index in [0.717, 1.165) is 23.1 Å². The van der Waals surface area contributed by atoms with Gasteiger partial charge in [0.1, 0.15) is 0 Å². The second kappa shape index (κ2) is 5.53. The molecule has 0 saturated heterocycles. The molecule has 0 aliphatic carbocycles. The summed E-state index contributed by atoms with van der Waals surface area (Å²) >= 11 is 3.00. The number of hydrogen-bond donors (Lipinski definition) is 1. The number of aromatic nitrogens is 3. The summed E-state index contributed by atoms with van der Waals surface area (Å²) in [5.41, 5.74) is 6.20. The minimum Gasteiger partial charge on any atom is -0.369 e. The smallest absolute Gasteiger partial charge is 0.227 e. The van der Waals surface area contributed by atoms with Crippen molar-refractivity contribution < 1.29 is 4.79 Å². The van der Waals surface area contributed by atoms with Gasteiger partial charge < -0.3 is 10.3 Å². The molecule has 2 N–H and O–H groups in total. The standard InChI is InChI=1S/C11H14N4OS2/c1-3-15-10(8-4-7(2)17-5-8)13-14-11(15)18-6-9(12)16/h4-5H,3,6H2,1-2H3,(H2,12,16). The van der Waals surface area contributed by atoms with Crippen LogP contribution in [0, 0.1) is 6.92 Å². The molecule has 0 atom stereocenters. The Kier molecular flexibility index (Phi) is 4.03. The van der Waals surface area contributed by atoms with Crippen LogP contribution in [0.15, 0.2) is 16.6 Å². The number of aryl methyl sites for hydroxylation is 1. The minimum absolute atomic E-state index is 0.223. The predicted octanol–water partition coefficient (Wildman–Crippen LogP) is 1.91. The number of carbonyl (C=O) groups is 1. The number of nitrogens with two attached hydrogens (primary N) is 1. The fourth-order valence-electron chi connectivity index (χ4n) is 1.59. The Balaban J connectivity index is 2.29. The Morgan fingerprint density at radius 1 is 1.56 bits per heavy atom. The number of thiophene rings is 1. The van der Waals surface area contributed by atoms with Crippen molar-refractivity contribution in [1.29, 1.82) is 0 Å². The molecule has 7 heteroatoms. The first-order chi connectivity index (χ1) is 8.61. The molecule has 96 valence electrons. The molecule has 5 nitrogen and oxygen atoms in total. The Labute approximate surface area is 113 Å². The van der Waals surface area contributed by atoms with Crippen LogP contribution in [-0.2, 0) is 11.3 Å². The summed E-state index contributed by atoms with van der Waals surface area (Å²) in [5, 5.41) is 11.1. The highest BCUT2D eigenvalue weighted by molar-refractivity contribution is 7.99. The van der Waals surface area contributed by atoms with Crippen LogP contribution in [0.4, 0.5) is 0 Å². The number of amides is 1. The van der Waals surface area contributed by atoms with Crippen molar-refractivity contribution in [3.05, 3.63) is 16.3 Å². The van der Waals surface area contributed by atoms with Gasteiger partial charge in [0, 0.05) is 22.4 Å². The topological polar surface area (TPSA) is 73.8 Å². The van der Waals surface area contributed by atoms with E-state index < -0.39 is 0 Å². The predicted molar refractivity (Wildman–Crippen MR) is 73.7 cm³/mol. The normalized spacial score (nSPS) is 10.8. The molecule has 1 amide bonds. The molecule has 0 aliphatic rings. The van der Waals surface area contributed by atoms with Gasteiger partial charge in [-0.3, -0.25) is 4.79 Å². The first-order valence-corrected chi connectivity index (χ1v) is 7.38. The van der Waals surface area contributed by atoms with E-state index in [1.807, 2.05) is 11.5 Å². The molecule has 0 saturated carbocycles. The average molecular weight is 282 g/mol. The van der Waals surface area contributed by atoms with Crippen LogP contribution in [0.2, 0.25) is 0 Å². The second-order valence-electron chi connectivity index (χ2n) is 3.75. The summed E-state index contributed by atoms with van der Waals surface area (Å²) in [6.45, 7) is 4.85.